The predicted molar refractivity (Wildman–Crippen MR) is 129 cm³/mol. The first-order valence-corrected chi connectivity index (χ1v) is 11.4. The van der Waals surface area contributed by atoms with Gasteiger partial charge in [-0.25, -0.2) is 4.90 Å². The van der Waals surface area contributed by atoms with E-state index in [-0.39, 0.29) is 0 Å². The second kappa shape index (κ2) is 8.55. The number of methoxy groups -OCH3 is 1. The lowest BCUT2D eigenvalue weighted by Gasteiger charge is -2.36. The van der Waals surface area contributed by atoms with Crippen LogP contribution >= 0.6 is 23.2 Å². The van der Waals surface area contributed by atoms with Gasteiger partial charge in [-0.05, 0) is 47.5 Å². The van der Waals surface area contributed by atoms with Crippen molar-refractivity contribution >= 4 is 46.7 Å². The van der Waals surface area contributed by atoms with E-state index in [1.54, 1.807) is 66.7 Å². The highest BCUT2D eigenvalue weighted by molar-refractivity contribution is 6.31. The van der Waals surface area contributed by atoms with E-state index in [4.69, 9.17) is 27.9 Å². The number of nitrogens with one attached hydrogen (secondary N) is 1. The Bertz CT molecular complexity index is 1250. The average molecular weight is 495 g/mol. The number of rotatable bonds is 4. The highest BCUT2D eigenvalue weighted by atomic mass is 35.5. The van der Waals surface area contributed by atoms with Crippen LogP contribution in [0.15, 0.2) is 78.9 Å². The van der Waals surface area contributed by atoms with Crippen LogP contribution in [-0.2, 0) is 24.7 Å². The molecular weight excluding hydrogens is 475 g/mol. The Morgan fingerprint density at radius 2 is 1.47 bits per heavy atom. The number of hydrogen-bond donors (Lipinski definition) is 1. The van der Waals surface area contributed by atoms with E-state index in [0.717, 1.165) is 4.90 Å². The topological polar surface area (TPSA) is 75.7 Å². The van der Waals surface area contributed by atoms with Gasteiger partial charge in [0, 0.05) is 10.0 Å². The minimum Gasteiger partial charge on any atom is -0.468 e. The Kier molecular flexibility index (Phi) is 5.68. The fourth-order valence-electron chi connectivity index (χ4n) is 5.23. The van der Waals surface area contributed by atoms with E-state index < -0.39 is 41.2 Å². The van der Waals surface area contributed by atoms with Crippen molar-refractivity contribution in [3.05, 3.63) is 100 Å². The minimum atomic E-state index is -1.25. The lowest BCUT2D eigenvalue weighted by atomic mass is 9.71. The molecule has 34 heavy (non-hydrogen) atoms. The third-order valence-corrected chi connectivity index (χ3v) is 7.06. The summed E-state index contributed by atoms with van der Waals surface area (Å²) in [7, 11) is 1.26. The summed E-state index contributed by atoms with van der Waals surface area (Å²) in [6, 6.07) is 21.7. The Morgan fingerprint density at radius 1 is 0.882 bits per heavy atom. The average Bonchev–Trinajstić information content (AvgIpc) is 3.33. The quantitative estimate of drug-likeness (QED) is 0.434. The molecule has 6 nitrogen and oxygen atoms in total. The van der Waals surface area contributed by atoms with Crippen molar-refractivity contribution in [2.24, 2.45) is 11.8 Å². The van der Waals surface area contributed by atoms with Gasteiger partial charge in [0.05, 0.1) is 30.2 Å². The predicted octanol–water partition coefficient (Wildman–Crippen LogP) is 4.19. The van der Waals surface area contributed by atoms with E-state index in [1.165, 1.54) is 7.11 Å². The van der Waals surface area contributed by atoms with Gasteiger partial charge < -0.3 is 4.74 Å². The van der Waals surface area contributed by atoms with Gasteiger partial charge in [0.2, 0.25) is 11.8 Å². The van der Waals surface area contributed by atoms with E-state index in [2.05, 4.69) is 5.32 Å². The summed E-state index contributed by atoms with van der Waals surface area (Å²) in [4.78, 5) is 41.8. The first-order chi connectivity index (χ1) is 16.4. The zero-order valence-electron chi connectivity index (χ0n) is 18.1. The van der Waals surface area contributed by atoms with E-state index in [0.29, 0.717) is 26.9 Å². The van der Waals surface area contributed by atoms with Crippen LogP contribution < -0.4 is 10.2 Å². The fourth-order valence-corrected chi connectivity index (χ4v) is 5.61. The summed E-state index contributed by atoms with van der Waals surface area (Å²) in [5.41, 5.74) is 0.469. The molecule has 8 heteroatoms. The molecule has 2 heterocycles. The third kappa shape index (κ3) is 3.33. The summed E-state index contributed by atoms with van der Waals surface area (Å²) in [5.74, 6) is -3.44. The number of carbonyl (C=O) groups excluding carboxylic acids is 3. The molecule has 0 bridgehead atoms. The van der Waals surface area contributed by atoms with Gasteiger partial charge in [-0.2, -0.15) is 0 Å². The Hall–Kier alpha value is -3.19. The Balaban J connectivity index is 1.79. The van der Waals surface area contributed by atoms with Crippen LogP contribution in [0.2, 0.25) is 10.0 Å². The van der Waals surface area contributed by atoms with Crippen molar-refractivity contribution in [3.63, 3.8) is 0 Å². The van der Waals surface area contributed by atoms with Crippen molar-refractivity contribution in [3.8, 4) is 0 Å². The molecule has 2 fully saturated rings. The van der Waals surface area contributed by atoms with Crippen LogP contribution in [0.5, 0.6) is 0 Å². The van der Waals surface area contributed by atoms with Crippen molar-refractivity contribution in [2.75, 3.05) is 12.0 Å². The van der Waals surface area contributed by atoms with Gasteiger partial charge in [0.1, 0.15) is 6.04 Å². The van der Waals surface area contributed by atoms with Gasteiger partial charge in [-0.3, -0.25) is 19.7 Å². The lowest BCUT2D eigenvalue weighted by molar-refractivity contribution is -0.145. The van der Waals surface area contributed by atoms with Crippen molar-refractivity contribution in [2.45, 2.75) is 11.6 Å². The van der Waals surface area contributed by atoms with Crippen LogP contribution in [0.3, 0.4) is 0 Å². The maximum Gasteiger partial charge on any atom is 0.323 e. The summed E-state index contributed by atoms with van der Waals surface area (Å²) < 4.78 is 5.04. The minimum absolute atomic E-state index is 0.417. The normalized spacial score (nSPS) is 23.1. The number of amides is 2. The van der Waals surface area contributed by atoms with E-state index in [9.17, 15) is 14.4 Å². The number of carbonyl (C=O) groups is 3. The molecule has 0 aliphatic carbocycles. The number of halogens is 2. The van der Waals surface area contributed by atoms with Crippen molar-refractivity contribution in [1.82, 2.24) is 5.32 Å². The highest BCUT2D eigenvalue weighted by Gasteiger charge is 2.68. The van der Waals surface area contributed by atoms with Gasteiger partial charge in [-0.15, -0.1) is 0 Å². The number of hydrogen-bond acceptors (Lipinski definition) is 5. The molecule has 2 amide bonds. The number of nitrogens with zero attached hydrogens (tertiary/aromatic N) is 1. The molecule has 2 saturated heterocycles. The van der Waals surface area contributed by atoms with Crippen LogP contribution in [0, 0.1) is 11.8 Å². The molecule has 0 spiro atoms. The number of fused-ring (bicyclic) bond motifs is 1. The van der Waals surface area contributed by atoms with Crippen molar-refractivity contribution in [1.29, 1.82) is 0 Å². The van der Waals surface area contributed by atoms with Crippen LogP contribution in [0.25, 0.3) is 0 Å². The second-order valence-corrected chi connectivity index (χ2v) is 9.20. The van der Waals surface area contributed by atoms with Gasteiger partial charge in [0.15, 0.2) is 0 Å². The number of benzene rings is 3. The maximum absolute atomic E-state index is 14.0. The second-order valence-electron chi connectivity index (χ2n) is 8.32. The first-order valence-electron chi connectivity index (χ1n) is 10.7. The summed E-state index contributed by atoms with van der Waals surface area (Å²) in [5, 5.41) is 4.23. The first kappa shape index (κ1) is 22.6. The largest absolute Gasteiger partial charge is 0.468 e. The molecule has 3 atom stereocenters. The van der Waals surface area contributed by atoms with E-state index >= 15 is 0 Å². The lowest BCUT2D eigenvalue weighted by Crippen LogP contribution is -2.52. The molecule has 0 aromatic heterocycles. The molecule has 3 aromatic rings. The van der Waals surface area contributed by atoms with Crippen LogP contribution in [0.4, 0.5) is 5.69 Å². The fraction of sp³-hybridized carbons (Fsp3) is 0.192. The molecule has 0 radical (unpaired) electrons. The van der Waals surface area contributed by atoms with Crippen LogP contribution in [-0.4, -0.2) is 30.9 Å². The molecule has 2 aliphatic rings. The third-order valence-electron chi connectivity index (χ3n) is 6.59. The smallest absolute Gasteiger partial charge is 0.323 e. The zero-order chi connectivity index (χ0) is 24.0. The summed E-state index contributed by atoms with van der Waals surface area (Å²) in [6.45, 7) is 0. The molecule has 0 unspecified atom stereocenters. The number of esters is 1. The van der Waals surface area contributed by atoms with E-state index in [1.807, 2.05) is 12.1 Å². The zero-order valence-corrected chi connectivity index (χ0v) is 19.6. The summed E-state index contributed by atoms with van der Waals surface area (Å²) in [6.07, 6.45) is 0. The number of ether oxygens (including phenoxy) is 1. The highest BCUT2D eigenvalue weighted by Crippen LogP contribution is 2.53. The standard InChI is InChI=1S/C26H20Cl2N2O4/c1-34-25(33)22-20-21(24(32)30(23(20)31)19-11-3-2-4-12-19)26(29-22,15-7-5-9-17(27)13-15)16-8-6-10-18(28)14-16/h2-14,20-22,29H,1H3/t20-,21+,22-/m1/s1. The van der Waals surface area contributed by atoms with Gasteiger partial charge in [-0.1, -0.05) is 65.7 Å². The number of para-hydroxylation sites is 1. The SMILES string of the molecule is COC(=O)[C@@H]1NC(c2cccc(Cl)c2)(c2cccc(Cl)c2)[C@@H]2C(=O)N(c3ccccc3)C(=O)[C@H]21. The summed E-state index contributed by atoms with van der Waals surface area (Å²) >= 11 is 12.7. The van der Waals surface area contributed by atoms with Gasteiger partial charge >= 0.3 is 5.97 Å². The monoisotopic (exact) mass is 494 g/mol. The Morgan fingerprint density at radius 3 is 2.00 bits per heavy atom. The molecule has 2 aliphatic heterocycles. The van der Waals surface area contributed by atoms with Gasteiger partial charge in [0.25, 0.3) is 0 Å². The maximum atomic E-state index is 14.0. The molecule has 0 saturated carbocycles. The number of anilines is 1. The molecule has 5 rings (SSSR count). The molecule has 1 N–H and O–H groups in total. The van der Waals surface area contributed by atoms with Crippen LogP contribution in [0.1, 0.15) is 11.1 Å². The Labute approximate surface area is 206 Å². The van der Waals surface area contributed by atoms with Crippen molar-refractivity contribution < 1.29 is 19.1 Å². The molecular formula is C26H20Cl2N2O4. The molecule has 3 aromatic carbocycles. The molecule has 172 valence electrons. The number of imide groups is 1.